The van der Waals surface area contributed by atoms with Gasteiger partial charge in [0.1, 0.15) is 5.76 Å². The first-order chi connectivity index (χ1) is 11.9. The lowest BCUT2D eigenvalue weighted by Crippen LogP contribution is -2.57. The summed E-state index contributed by atoms with van der Waals surface area (Å²) in [6.07, 6.45) is 8.25. The van der Waals surface area contributed by atoms with E-state index in [4.69, 9.17) is 4.52 Å². The average Bonchev–Trinajstić information content (AvgIpc) is 2.85. The third-order valence-electron chi connectivity index (χ3n) is 7.27. The molecule has 138 valence electrons. The number of amides is 2. The fourth-order valence-corrected chi connectivity index (χ4v) is 6.19. The van der Waals surface area contributed by atoms with Gasteiger partial charge in [0, 0.05) is 18.7 Å². The molecule has 5 heteroatoms. The van der Waals surface area contributed by atoms with E-state index in [0.29, 0.717) is 12.0 Å². The summed E-state index contributed by atoms with van der Waals surface area (Å²) in [4.78, 5) is 14.5. The van der Waals surface area contributed by atoms with E-state index in [0.717, 1.165) is 34.8 Å². The summed E-state index contributed by atoms with van der Waals surface area (Å²) in [6, 6.07) is 0.267. The summed E-state index contributed by atoms with van der Waals surface area (Å²) >= 11 is 0. The van der Waals surface area contributed by atoms with Crippen LogP contribution in [0.15, 0.2) is 4.52 Å². The standard InChI is InChI=1S/C20H31N3O2/c1-12-18(13(2)25-22-12)11-23(4)19(24)21-14(3)20-8-15-5-16(9-20)7-17(6-15)10-20/h14-17H,5-11H2,1-4H3,(H,21,24)/t14-,15?,16?,17?,20?/m0/s1. The Kier molecular flexibility index (Phi) is 4.08. The maximum Gasteiger partial charge on any atom is 0.317 e. The van der Waals surface area contributed by atoms with Gasteiger partial charge < -0.3 is 14.7 Å². The summed E-state index contributed by atoms with van der Waals surface area (Å²) in [5.41, 5.74) is 2.22. The molecule has 4 aliphatic rings. The lowest BCUT2D eigenvalue weighted by Gasteiger charge is -2.59. The van der Waals surface area contributed by atoms with Crippen LogP contribution in [-0.2, 0) is 6.54 Å². The lowest BCUT2D eigenvalue weighted by molar-refractivity contribution is -0.0687. The van der Waals surface area contributed by atoms with Crippen LogP contribution in [0.25, 0.3) is 0 Å². The quantitative estimate of drug-likeness (QED) is 0.896. The first kappa shape index (κ1) is 16.9. The molecule has 5 nitrogen and oxygen atoms in total. The Labute approximate surface area is 150 Å². The number of hydrogen-bond donors (Lipinski definition) is 1. The maximum absolute atomic E-state index is 12.8. The predicted molar refractivity (Wildman–Crippen MR) is 96.0 cm³/mol. The second kappa shape index (κ2) is 6.03. The molecule has 1 atom stereocenters. The molecule has 0 spiro atoms. The second-order valence-corrected chi connectivity index (χ2v) is 9.11. The van der Waals surface area contributed by atoms with Gasteiger partial charge in [-0.3, -0.25) is 0 Å². The molecule has 0 aromatic carbocycles. The summed E-state index contributed by atoms with van der Waals surface area (Å²) in [5.74, 6) is 3.52. The van der Waals surface area contributed by atoms with Gasteiger partial charge >= 0.3 is 6.03 Å². The van der Waals surface area contributed by atoms with Crippen LogP contribution in [0.2, 0.25) is 0 Å². The molecule has 4 bridgehead atoms. The first-order valence-corrected chi connectivity index (χ1v) is 9.79. The fraction of sp³-hybridized carbons (Fsp3) is 0.800. The third-order valence-corrected chi connectivity index (χ3v) is 7.27. The van der Waals surface area contributed by atoms with Gasteiger partial charge in [-0.15, -0.1) is 0 Å². The van der Waals surface area contributed by atoms with Crippen molar-refractivity contribution >= 4 is 6.03 Å². The molecule has 0 radical (unpaired) electrons. The molecule has 5 rings (SSSR count). The van der Waals surface area contributed by atoms with Crippen LogP contribution in [-0.4, -0.2) is 29.2 Å². The lowest BCUT2D eigenvalue weighted by atomic mass is 9.48. The number of hydrogen-bond acceptors (Lipinski definition) is 3. The smallest absolute Gasteiger partial charge is 0.317 e. The van der Waals surface area contributed by atoms with E-state index in [1.54, 1.807) is 4.90 Å². The Hall–Kier alpha value is -1.52. The molecule has 0 aliphatic heterocycles. The highest BCUT2D eigenvalue weighted by Gasteiger charge is 2.53. The topological polar surface area (TPSA) is 58.4 Å². The number of nitrogens with zero attached hydrogens (tertiary/aromatic N) is 2. The number of rotatable bonds is 4. The van der Waals surface area contributed by atoms with Crippen LogP contribution >= 0.6 is 0 Å². The third kappa shape index (κ3) is 2.96. The number of aromatic nitrogens is 1. The van der Waals surface area contributed by atoms with Crippen molar-refractivity contribution in [3.05, 3.63) is 17.0 Å². The molecule has 2 amide bonds. The van der Waals surface area contributed by atoms with Gasteiger partial charge in [-0.25, -0.2) is 4.79 Å². The second-order valence-electron chi connectivity index (χ2n) is 9.11. The Bertz CT molecular complexity index is 611. The van der Waals surface area contributed by atoms with E-state index in [-0.39, 0.29) is 12.1 Å². The fourth-order valence-electron chi connectivity index (χ4n) is 6.19. The predicted octanol–water partition coefficient (Wildman–Crippen LogP) is 4.04. The summed E-state index contributed by atoms with van der Waals surface area (Å²) in [5, 5.41) is 7.31. The highest BCUT2D eigenvalue weighted by atomic mass is 16.5. The van der Waals surface area contributed by atoms with Crippen molar-refractivity contribution in [2.75, 3.05) is 7.05 Å². The molecule has 4 aliphatic carbocycles. The van der Waals surface area contributed by atoms with E-state index < -0.39 is 0 Å². The van der Waals surface area contributed by atoms with Gasteiger partial charge in [0.25, 0.3) is 0 Å². The molecule has 1 aromatic heterocycles. The van der Waals surface area contributed by atoms with Crippen LogP contribution in [0.5, 0.6) is 0 Å². The van der Waals surface area contributed by atoms with Crippen molar-refractivity contribution < 1.29 is 9.32 Å². The molecule has 1 heterocycles. The number of carbonyl (C=O) groups excluding carboxylic acids is 1. The SMILES string of the molecule is Cc1noc(C)c1CN(C)C(=O)N[C@@H](C)C12CC3CC(CC(C3)C1)C2. The summed E-state index contributed by atoms with van der Waals surface area (Å²) in [7, 11) is 1.85. The van der Waals surface area contributed by atoms with E-state index in [9.17, 15) is 4.79 Å². The van der Waals surface area contributed by atoms with Crippen molar-refractivity contribution in [3.8, 4) is 0 Å². The van der Waals surface area contributed by atoms with Crippen molar-refractivity contribution in [3.63, 3.8) is 0 Å². The zero-order chi connectivity index (χ0) is 17.8. The maximum atomic E-state index is 12.8. The van der Waals surface area contributed by atoms with Crippen molar-refractivity contribution in [2.24, 2.45) is 23.2 Å². The monoisotopic (exact) mass is 345 g/mol. The minimum Gasteiger partial charge on any atom is -0.361 e. The molecular formula is C20H31N3O2. The van der Waals surface area contributed by atoms with Gasteiger partial charge in [-0.2, -0.15) is 0 Å². The van der Waals surface area contributed by atoms with Crippen LogP contribution in [0, 0.1) is 37.0 Å². The van der Waals surface area contributed by atoms with Crippen molar-refractivity contribution in [1.29, 1.82) is 0 Å². The first-order valence-electron chi connectivity index (χ1n) is 9.79. The zero-order valence-electron chi connectivity index (χ0n) is 16.0. The van der Waals surface area contributed by atoms with Crippen molar-refractivity contribution in [1.82, 2.24) is 15.4 Å². The molecule has 25 heavy (non-hydrogen) atoms. The van der Waals surface area contributed by atoms with Gasteiger partial charge in [0.05, 0.1) is 12.2 Å². The molecular weight excluding hydrogens is 314 g/mol. The number of nitrogens with one attached hydrogen (secondary N) is 1. The summed E-state index contributed by atoms with van der Waals surface area (Å²) in [6.45, 7) is 6.60. The molecule has 1 N–H and O–H groups in total. The van der Waals surface area contributed by atoms with E-state index in [2.05, 4.69) is 17.4 Å². The van der Waals surface area contributed by atoms with E-state index >= 15 is 0 Å². The number of urea groups is 1. The molecule has 0 unspecified atom stereocenters. The highest BCUT2D eigenvalue weighted by Crippen LogP contribution is 2.61. The van der Waals surface area contributed by atoms with Crippen molar-refractivity contribution in [2.45, 2.75) is 71.9 Å². The van der Waals surface area contributed by atoms with Crippen LogP contribution in [0.4, 0.5) is 4.79 Å². The highest BCUT2D eigenvalue weighted by molar-refractivity contribution is 5.74. The Morgan fingerprint density at radius 2 is 1.80 bits per heavy atom. The van der Waals surface area contributed by atoms with Gasteiger partial charge in [0.15, 0.2) is 0 Å². The zero-order valence-corrected chi connectivity index (χ0v) is 16.0. The minimum atomic E-state index is 0.0169. The molecule has 1 aromatic rings. The van der Waals surface area contributed by atoms with Crippen LogP contribution in [0.1, 0.15) is 62.5 Å². The van der Waals surface area contributed by atoms with E-state index in [1.165, 1.54) is 38.5 Å². The molecule has 4 saturated carbocycles. The normalized spacial score (nSPS) is 34.2. The Balaban J connectivity index is 1.40. The van der Waals surface area contributed by atoms with Gasteiger partial charge in [0.2, 0.25) is 0 Å². The van der Waals surface area contributed by atoms with Crippen LogP contribution < -0.4 is 5.32 Å². The Morgan fingerprint density at radius 1 is 1.24 bits per heavy atom. The van der Waals surface area contributed by atoms with E-state index in [1.807, 2.05) is 20.9 Å². The Morgan fingerprint density at radius 3 is 2.28 bits per heavy atom. The molecule has 0 saturated heterocycles. The summed E-state index contributed by atoms with van der Waals surface area (Å²) < 4.78 is 5.21. The van der Waals surface area contributed by atoms with Gasteiger partial charge in [-0.05, 0) is 82.5 Å². The number of carbonyl (C=O) groups is 1. The average molecular weight is 345 g/mol. The minimum absolute atomic E-state index is 0.0169. The molecule has 4 fully saturated rings. The van der Waals surface area contributed by atoms with Crippen LogP contribution in [0.3, 0.4) is 0 Å². The largest absolute Gasteiger partial charge is 0.361 e. The number of aryl methyl sites for hydroxylation is 2. The van der Waals surface area contributed by atoms with Gasteiger partial charge in [-0.1, -0.05) is 5.16 Å².